The molecule has 0 aliphatic carbocycles. The smallest absolute Gasteiger partial charge is 0.314 e. The SMILES string of the molecule is CC(CCNC(=O)NCCCCN(C)C)C(=O)O. The van der Waals surface area contributed by atoms with Gasteiger partial charge in [-0.1, -0.05) is 6.92 Å². The van der Waals surface area contributed by atoms with Crippen LogP contribution >= 0.6 is 0 Å². The molecule has 0 aromatic rings. The molecule has 1 atom stereocenters. The summed E-state index contributed by atoms with van der Waals surface area (Å²) in [7, 11) is 4.04. The molecule has 0 bridgehead atoms. The van der Waals surface area contributed by atoms with E-state index in [-0.39, 0.29) is 6.03 Å². The molecule has 0 saturated heterocycles. The third kappa shape index (κ3) is 9.89. The number of urea groups is 1. The molecule has 0 aliphatic rings. The van der Waals surface area contributed by atoms with Crippen LogP contribution in [0.3, 0.4) is 0 Å². The van der Waals surface area contributed by atoms with Crippen LogP contribution in [0.2, 0.25) is 0 Å². The summed E-state index contributed by atoms with van der Waals surface area (Å²) in [5.41, 5.74) is 0. The Labute approximate surface area is 109 Å². The number of rotatable bonds is 9. The molecule has 6 heteroatoms. The van der Waals surface area contributed by atoms with E-state index in [1.807, 2.05) is 14.1 Å². The van der Waals surface area contributed by atoms with Gasteiger partial charge in [-0.3, -0.25) is 4.79 Å². The number of amides is 2. The van der Waals surface area contributed by atoms with E-state index in [1.54, 1.807) is 6.92 Å². The molecule has 0 aromatic heterocycles. The van der Waals surface area contributed by atoms with Gasteiger partial charge in [0.25, 0.3) is 0 Å². The van der Waals surface area contributed by atoms with Gasteiger partial charge in [-0.2, -0.15) is 0 Å². The predicted molar refractivity (Wildman–Crippen MR) is 70.6 cm³/mol. The monoisotopic (exact) mass is 259 g/mol. The molecule has 0 aliphatic heterocycles. The average molecular weight is 259 g/mol. The number of nitrogens with one attached hydrogen (secondary N) is 2. The van der Waals surface area contributed by atoms with Gasteiger partial charge in [0, 0.05) is 13.1 Å². The number of carbonyl (C=O) groups excluding carboxylic acids is 1. The molecular formula is C12H25N3O3. The number of carboxylic acids is 1. The van der Waals surface area contributed by atoms with E-state index >= 15 is 0 Å². The largest absolute Gasteiger partial charge is 0.481 e. The van der Waals surface area contributed by atoms with E-state index in [0.717, 1.165) is 19.4 Å². The first kappa shape index (κ1) is 16.7. The molecule has 6 nitrogen and oxygen atoms in total. The Hall–Kier alpha value is -1.30. The summed E-state index contributed by atoms with van der Waals surface area (Å²) < 4.78 is 0. The molecule has 0 aromatic carbocycles. The molecule has 3 N–H and O–H groups in total. The van der Waals surface area contributed by atoms with Gasteiger partial charge in [0.15, 0.2) is 0 Å². The van der Waals surface area contributed by atoms with E-state index in [9.17, 15) is 9.59 Å². The van der Waals surface area contributed by atoms with E-state index in [2.05, 4.69) is 15.5 Å². The molecule has 106 valence electrons. The van der Waals surface area contributed by atoms with Crippen molar-refractivity contribution in [2.45, 2.75) is 26.2 Å². The predicted octanol–water partition coefficient (Wildman–Crippen LogP) is 0.738. The lowest BCUT2D eigenvalue weighted by molar-refractivity contribution is -0.141. The Balaban J connectivity index is 3.41. The number of carboxylic acid groups (broad SMARTS) is 1. The lowest BCUT2D eigenvalue weighted by Crippen LogP contribution is -2.37. The van der Waals surface area contributed by atoms with Gasteiger partial charge in [0.2, 0.25) is 0 Å². The van der Waals surface area contributed by atoms with Gasteiger partial charge in [0.05, 0.1) is 5.92 Å². The van der Waals surface area contributed by atoms with Gasteiger partial charge >= 0.3 is 12.0 Å². The van der Waals surface area contributed by atoms with E-state index < -0.39 is 11.9 Å². The summed E-state index contributed by atoms with van der Waals surface area (Å²) in [6.07, 6.45) is 2.43. The number of nitrogens with zero attached hydrogens (tertiary/aromatic N) is 1. The second-order valence-corrected chi connectivity index (χ2v) is 4.72. The fourth-order valence-corrected chi connectivity index (χ4v) is 1.34. The first-order valence-electron chi connectivity index (χ1n) is 6.32. The highest BCUT2D eigenvalue weighted by atomic mass is 16.4. The zero-order valence-electron chi connectivity index (χ0n) is 11.5. The van der Waals surface area contributed by atoms with Gasteiger partial charge in [0.1, 0.15) is 0 Å². The molecule has 0 fully saturated rings. The summed E-state index contributed by atoms with van der Waals surface area (Å²) in [5.74, 6) is -1.26. The minimum absolute atomic E-state index is 0.225. The van der Waals surface area contributed by atoms with Crippen LogP contribution in [0.1, 0.15) is 26.2 Å². The van der Waals surface area contributed by atoms with Crippen molar-refractivity contribution in [1.29, 1.82) is 0 Å². The minimum Gasteiger partial charge on any atom is -0.481 e. The maximum Gasteiger partial charge on any atom is 0.314 e. The molecular weight excluding hydrogens is 234 g/mol. The lowest BCUT2D eigenvalue weighted by Gasteiger charge is -2.10. The Morgan fingerprint density at radius 3 is 2.33 bits per heavy atom. The maximum absolute atomic E-state index is 11.3. The van der Waals surface area contributed by atoms with E-state index in [0.29, 0.717) is 19.5 Å². The van der Waals surface area contributed by atoms with Crippen molar-refractivity contribution in [1.82, 2.24) is 15.5 Å². The van der Waals surface area contributed by atoms with Crippen molar-refractivity contribution in [2.75, 3.05) is 33.7 Å². The van der Waals surface area contributed by atoms with Crippen molar-refractivity contribution < 1.29 is 14.7 Å². The number of hydrogen-bond acceptors (Lipinski definition) is 3. The van der Waals surface area contributed by atoms with Gasteiger partial charge in [-0.05, 0) is 39.9 Å². The molecule has 0 heterocycles. The first-order valence-corrected chi connectivity index (χ1v) is 6.32. The highest BCUT2D eigenvalue weighted by molar-refractivity contribution is 5.74. The van der Waals surface area contributed by atoms with Crippen molar-refractivity contribution in [3.8, 4) is 0 Å². The Morgan fingerprint density at radius 1 is 1.17 bits per heavy atom. The lowest BCUT2D eigenvalue weighted by atomic mass is 10.1. The highest BCUT2D eigenvalue weighted by Gasteiger charge is 2.10. The van der Waals surface area contributed by atoms with Crippen LogP contribution < -0.4 is 10.6 Å². The molecule has 18 heavy (non-hydrogen) atoms. The second-order valence-electron chi connectivity index (χ2n) is 4.72. The van der Waals surface area contributed by atoms with Crippen LogP contribution in [0, 0.1) is 5.92 Å². The van der Waals surface area contributed by atoms with E-state index in [1.165, 1.54) is 0 Å². The topological polar surface area (TPSA) is 81.7 Å². The zero-order chi connectivity index (χ0) is 14.0. The zero-order valence-corrected chi connectivity index (χ0v) is 11.5. The second kappa shape index (κ2) is 9.70. The average Bonchev–Trinajstić information content (AvgIpc) is 2.27. The summed E-state index contributed by atoms with van der Waals surface area (Å²) in [5, 5.41) is 14.0. The van der Waals surface area contributed by atoms with Gasteiger partial charge in [-0.25, -0.2) is 4.79 Å². The molecule has 0 saturated carbocycles. The Bertz CT molecular complexity index is 257. The summed E-state index contributed by atoms with van der Waals surface area (Å²) in [6, 6.07) is -0.225. The standard InChI is InChI=1S/C12H25N3O3/c1-10(11(16)17)6-8-14-12(18)13-7-4-5-9-15(2)3/h10H,4-9H2,1-3H3,(H,16,17)(H2,13,14,18). The van der Waals surface area contributed by atoms with Crippen LogP contribution in [0.4, 0.5) is 4.79 Å². The molecule has 2 amide bonds. The Kier molecular flexibility index (Phi) is 9.00. The summed E-state index contributed by atoms with van der Waals surface area (Å²) >= 11 is 0. The quantitative estimate of drug-likeness (QED) is 0.533. The van der Waals surface area contributed by atoms with Crippen LogP contribution in [0.5, 0.6) is 0 Å². The fraction of sp³-hybridized carbons (Fsp3) is 0.833. The van der Waals surface area contributed by atoms with Crippen LogP contribution in [0.15, 0.2) is 0 Å². The van der Waals surface area contributed by atoms with Crippen LogP contribution in [-0.4, -0.2) is 55.7 Å². The minimum atomic E-state index is -0.833. The molecule has 0 radical (unpaired) electrons. The van der Waals surface area contributed by atoms with E-state index in [4.69, 9.17) is 5.11 Å². The molecule has 0 spiro atoms. The summed E-state index contributed by atoms with van der Waals surface area (Å²) in [6.45, 7) is 3.67. The number of unbranched alkanes of at least 4 members (excludes halogenated alkanes) is 1. The number of aliphatic carboxylic acids is 1. The first-order chi connectivity index (χ1) is 8.43. The number of hydrogen-bond donors (Lipinski definition) is 3. The molecule has 1 unspecified atom stereocenters. The Morgan fingerprint density at radius 2 is 1.78 bits per heavy atom. The van der Waals surface area contributed by atoms with Crippen LogP contribution in [0.25, 0.3) is 0 Å². The van der Waals surface area contributed by atoms with Gasteiger partial charge < -0.3 is 20.6 Å². The summed E-state index contributed by atoms with van der Waals surface area (Å²) in [4.78, 5) is 24.0. The van der Waals surface area contributed by atoms with Crippen LogP contribution in [-0.2, 0) is 4.79 Å². The van der Waals surface area contributed by atoms with Crippen molar-refractivity contribution in [3.63, 3.8) is 0 Å². The van der Waals surface area contributed by atoms with Crippen molar-refractivity contribution in [3.05, 3.63) is 0 Å². The number of carbonyl (C=O) groups is 2. The maximum atomic E-state index is 11.3. The van der Waals surface area contributed by atoms with Gasteiger partial charge in [-0.15, -0.1) is 0 Å². The third-order valence-corrected chi connectivity index (χ3v) is 2.60. The van der Waals surface area contributed by atoms with Crippen molar-refractivity contribution in [2.24, 2.45) is 5.92 Å². The normalized spacial score (nSPS) is 12.2. The fourth-order valence-electron chi connectivity index (χ4n) is 1.34. The molecule has 0 rings (SSSR count). The highest BCUT2D eigenvalue weighted by Crippen LogP contribution is 1.99. The third-order valence-electron chi connectivity index (χ3n) is 2.60. The van der Waals surface area contributed by atoms with Crippen molar-refractivity contribution >= 4 is 12.0 Å².